The van der Waals surface area contributed by atoms with Crippen molar-refractivity contribution in [1.29, 1.82) is 0 Å². The highest BCUT2D eigenvalue weighted by atomic mass is 35.5. The Kier molecular flexibility index (Phi) is 6.67. The van der Waals surface area contributed by atoms with Gasteiger partial charge in [-0.2, -0.15) is 0 Å². The summed E-state index contributed by atoms with van der Waals surface area (Å²) in [5.41, 5.74) is 0.657. The lowest BCUT2D eigenvalue weighted by atomic mass is 10.1. The number of rotatable bonds is 6. The van der Waals surface area contributed by atoms with Crippen molar-refractivity contribution in [2.75, 3.05) is 20.1 Å². The fourth-order valence-corrected chi connectivity index (χ4v) is 3.07. The van der Waals surface area contributed by atoms with Gasteiger partial charge in [0.1, 0.15) is 13.1 Å². The first-order chi connectivity index (χ1) is 12.6. The second-order valence-corrected chi connectivity index (χ2v) is 6.99. The van der Waals surface area contributed by atoms with Gasteiger partial charge in [0.15, 0.2) is 6.10 Å². The van der Waals surface area contributed by atoms with E-state index >= 15 is 0 Å². The Morgan fingerprint density at radius 1 is 1.26 bits per heavy atom. The second-order valence-electron chi connectivity index (χ2n) is 6.15. The van der Waals surface area contributed by atoms with Crippen molar-refractivity contribution in [2.45, 2.75) is 26.0 Å². The Bertz CT molecular complexity index is 786. The van der Waals surface area contributed by atoms with E-state index in [-0.39, 0.29) is 6.54 Å². The Labute approximate surface area is 166 Å². The Morgan fingerprint density at radius 3 is 2.48 bits per heavy atom. The maximum Gasteiger partial charge on any atom is 0.327 e. The molecule has 0 aliphatic carbocycles. The first-order valence-corrected chi connectivity index (χ1v) is 8.86. The predicted molar refractivity (Wildman–Crippen MR) is 98.3 cm³/mol. The zero-order valence-corrected chi connectivity index (χ0v) is 16.5. The molecule has 0 saturated carbocycles. The van der Waals surface area contributed by atoms with E-state index in [0.717, 1.165) is 4.90 Å². The van der Waals surface area contributed by atoms with Crippen molar-refractivity contribution in [1.82, 2.24) is 15.1 Å². The largest absolute Gasteiger partial charge is 0.451 e. The zero-order valence-electron chi connectivity index (χ0n) is 15.0. The van der Waals surface area contributed by atoms with Crippen LogP contribution in [-0.4, -0.2) is 59.9 Å². The number of hydrogen-bond donors (Lipinski definition) is 1. The van der Waals surface area contributed by atoms with Crippen LogP contribution in [0.2, 0.25) is 10.0 Å². The van der Waals surface area contributed by atoms with Crippen LogP contribution in [0, 0.1) is 0 Å². The highest BCUT2D eigenvalue weighted by Crippen LogP contribution is 2.26. The van der Waals surface area contributed by atoms with E-state index in [9.17, 15) is 19.2 Å². The summed E-state index contributed by atoms with van der Waals surface area (Å²) in [5.74, 6) is -1.90. The third-order valence-corrected chi connectivity index (χ3v) is 4.55. The number of halogens is 2. The van der Waals surface area contributed by atoms with Crippen LogP contribution in [-0.2, 0) is 19.1 Å². The number of ether oxygens (including phenoxy) is 1. The molecule has 1 aromatic carbocycles. The van der Waals surface area contributed by atoms with Crippen LogP contribution in [0.3, 0.4) is 0 Å². The number of likely N-dealkylation sites (N-methyl/N-ethyl adjacent to an activating group) is 1. The van der Waals surface area contributed by atoms with E-state index in [1.165, 1.54) is 18.9 Å². The number of carbonyl (C=O) groups excluding carboxylic acids is 4. The number of hydrogen-bond acceptors (Lipinski definition) is 5. The van der Waals surface area contributed by atoms with Crippen LogP contribution >= 0.6 is 23.2 Å². The molecule has 8 nitrogen and oxygen atoms in total. The highest BCUT2D eigenvalue weighted by molar-refractivity contribution is 6.35. The molecule has 0 unspecified atom stereocenters. The number of urea groups is 1. The number of imide groups is 1. The van der Waals surface area contributed by atoms with E-state index in [1.54, 1.807) is 25.1 Å². The average Bonchev–Trinajstić information content (AvgIpc) is 2.80. The quantitative estimate of drug-likeness (QED) is 0.565. The first-order valence-electron chi connectivity index (χ1n) is 8.10. The molecule has 1 heterocycles. The van der Waals surface area contributed by atoms with Crippen molar-refractivity contribution in [3.8, 4) is 0 Å². The molecule has 0 bridgehead atoms. The van der Waals surface area contributed by atoms with Crippen molar-refractivity contribution in [2.24, 2.45) is 0 Å². The summed E-state index contributed by atoms with van der Waals surface area (Å²) in [7, 11) is 1.45. The van der Waals surface area contributed by atoms with Crippen LogP contribution in [0.25, 0.3) is 0 Å². The molecule has 0 radical (unpaired) electrons. The van der Waals surface area contributed by atoms with Crippen molar-refractivity contribution < 1.29 is 23.9 Å². The Hall–Kier alpha value is -2.32. The summed E-state index contributed by atoms with van der Waals surface area (Å²) in [4.78, 5) is 49.6. The molecule has 1 saturated heterocycles. The summed E-state index contributed by atoms with van der Waals surface area (Å²) < 4.78 is 5.02. The molecule has 1 aliphatic heterocycles. The summed E-state index contributed by atoms with van der Waals surface area (Å²) in [5, 5.41) is 3.55. The molecule has 2 atom stereocenters. The van der Waals surface area contributed by atoms with Crippen LogP contribution in [0.4, 0.5) is 4.79 Å². The lowest BCUT2D eigenvalue weighted by Crippen LogP contribution is -2.41. The first kappa shape index (κ1) is 21.0. The average molecular weight is 416 g/mol. The van der Waals surface area contributed by atoms with Crippen molar-refractivity contribution in [3.63, 3.8) is 0 Å². The summed E-state index contributed by atoms with van der Waals surface area (Å²) in [6.45, 7) is 2.47. The summed E-state index contributed by atoms with van der Waals surface area (Å²) in [6, 6.07) is 3.87. The van der Waals surface area contributed by atoms with E-state index in [0.29, 0.717) is 15.6 Å². The maximum absolute atomic E-state index is 12.2. The van der Waals surface area contributed by atoms with Gasteiger partial charge in [0.25, 0.3) is 11.8 Å². The van der Waals surface area contributed by atoms with Gasteiger partial charge < -0.3 is 15.0 Å². The van der Waals surface area contributed by atoms with Crippen molar-refractivity contribution in [3.05, 3.63) is 33.8 Å². The minimum Gasteiger partial charge on any atom is -0.451 e. The lowest BCUT2D eigenvalue weighted by Gasteiger charge is -2.20. The number of esters is 1. The molecule has 4 amide bonds. The molecule has 1 aromatic rings. The van der Waals surface area contributed by atoms with Gasteiger partial charge in [-0.25, -0.2) is 4.79 Å². The Morgan fingerprint density at radius 2 is 1.93 bits per heavy atom. The normalized spacial score (nSPS) is 16.3. The van der Waals surface area contributed by atoms with Gasteiger partial charge in [-0.1, -0.05) is 29.3 Å². The second kappa shape index (κ2) is 8.58. The fourth-order valence-electron chi connectivity index (χ4n) is 2.50. The number of amides is 4. The molecule has 10 heteroatoms. The molecule has 146 valence electrons. The van der Waals surface area contributed by atoms with Crippen LogP contribution in [0.5, 0.6) is 0 Å². The molecule has 1 fully saturated rings. The number of nitrogens with zero attached hydrogens (tertiary/aromatic N) is 2. The highest BCUT2D eigenvalue weighted by Gasteiger charge is 2.35. The van der Waals surface area contributed by atoms with E-state index in [2.05, 4.69) is 5.32 Å². The molecule has 1 aliphatic rings. The standard InChI is InChI=1S/C17H19Cl2N3O5/c1-9(12-5-4-11(18)6-13(12)19)20-16(25)10(2)27-15(24)8-22-14(23)7-21(3)17(22)26/h4-6,9-10H,7-8H2,1-3H3,(H,20,25)/t9-,10-/m1/s1. The number of nitrogens with one attached hydrogen (secondary N) is 1. The molecule has 2 rings (SSSR count). The van der Waals surface area contributed by atoms with E-state index < -0.39 is 42.5 Å². The number of carbonyl (C=O) groups is 4. The van der Waals surface area contributed by atoms with Gasteiger partial charge in [0, 0.05) is 17.1 Å². The minimum absolute atomic E-state index is 0.0957. The number of benzene rings is 1. The third-order valence-electron chi connectivity index (χ3n) is 3.98. The van der Waals surface area contributed by atoms with Gasteiger partial charge in [-0.3, -0.25) is 19.3 Å². The van der Waals surface area contributed by atoms with Gasteiger partial charge in [-0.15, -0.1) is 0 Å². The fraction of sp³-hybridized carbons (Fsp3) is 0.412. The smallest absolute Gasteiger partial charge is 0.327 e. The predicted octanol–water partition coefficient (Wildman–Crippen LogP) is 2.00. The van der Waals surface area contributed by atoms with Crippen LogP contribution in [0.1, 0.15) is 25.5 Å². The van der Waals surface area contributed by atoms with Crippen LogP contribution in [0.15, 0.2) is 18.2 Å². The van der Waals surface area contributed by atoms with Gasteiger partial charge >= 0.3 is 12.0 Å². The van der Waals surface area contributed by atoms with Gasteiger partial charge in [0.05, 0.1) is 6.04 Å². The lowest BCUT2D eigenvalue weighted by molar-refractivity contribution is -0.156. The molecule has 0 spiro atoms. The van der Waals surface area contributed by atoms with Gasteiger partial charge in [-0.05, 0) is 31.5 Å². The van der Waals surface area contributed by atoms with E-state index in [4.69, 9.17) is 27.9 Å². The van der Waals surface area contributed by atoms with Gasteiger partial charge in [0.2, 0.25) is 0 Å². The molecular formula is C17H19Cl2N3O5. The maximum atomic E-state index is 12.2. The summed E-state index contributed by atoms with van der Waals surface area (Å²) >= 11 is 12.0. The van der Waals surface area contributed by atoms with E-state index in [1.807, 2.05) is 0 Å². The minimum atomic E-state index is -1.11. The Balaban J connectivity index is 1.90. The summed E-state index contributed by atoms with van der Waals surface area (Å²) in [6.07, 6.45) is -1.11. The molecule has 0 aromatic heterocycles. The van der Waals surface area contributed by atoms with Crippen molar-refractivity contribution >= 4 is 47.0 Å². The SMILES string of the molecule is C[C@@H](OC(=O)CN1C(=O)CN(C)C1=O)C(=O)N[C@H](C)c1ccc(Cl)cc1Cl. The monoisotopic (exact) mass is 415 g/mol. The molecular weight excluding hydrogens is 397 g/mol. The van der Waals surface area contributed by atoms with Crippen LogP contribution < -0.4 is 5.32 Å². The molecule has 1 N–H and O–H groups in total. The third kappa shape index (κ3) is 5.11. The zero-order chi connectivity index (χ0) is 20.3. The molecule has 27 heavy (non-hydrogen) atoms. The topological polar surface area (TPSA) is 96.0 Å².